The van der Waals surface area contributed by atoms with Crippen LogP contribution in [0, 0.1) is 0 Å². The first-order chi connectivity index (χ1) is 8.83. The van der Waals surface area contributed by atoms with Gasteiger partial charge in [-0.05, 0) is 13.0 Å². The van der Waals surface area contributed by atoms with Crippen LogP contribution in [0.2, 0.25) is 0 Å². The molecule has 1 atom stereocenters. The minimum atomic E-state index is -3.92. The fourth-order valence-electron chi connectivity index (χ4n) is 2.00. The zero-order chi connectivity index (χ0) is 14.2. The minimum absolute atomic E-state index is 0.230. The van der Waals surface area contributed by atoms with Crippen molar-refractivity contribution in [2.24, 2.45) is 14.1 Å². The van der Waals surface area contributed by atoms with E-state index >= 15 is 0 Å². The van der Waals surface area contributed by atoms with Crippen LogP contribution in [0.3, 0.4) is 0 Å². The molecule has 0 aliphatic carbocycles. The van der Waals surface area contributed by atoms with Crippen LogP contribution in [0.5, 0.6) is 0 Å². The minimum Gasteiger partial charge on any atom is -0.315 e. The molecule has 19 heavy (non-hydrogen) atoms. The van der Waals surface area contributed by atoms with Gasteiger partial charge in [0, 0.05) is 32.9 Å². The van der Waals surface area contributed by atoms with Crippen LogP contribution < -0.4 is 21.3 Å². The highest BCUT2D eigenvalue weighted by Crippen LogP contribution is 2.05. The second-order valence-electron chi connectivity index (χ2n) is 4.56. The Kier molecular flexibility index (Phi) is 3.61. The molecule has 1 aliphatic heterocycles. The van der Waals surface area contributed by atoms with E-state index in [1.54, 1.807) is 0 Å². The van der Waals surface area contributed by atoms with Gasteiger partial charge in [-0.1, -0.05) is 0 Å². The van der Waals surface area contributed by atoms with Gasteiger partial charge in [0.25, 0.3) is 5.56 Å². The van der Waals surface area contributed by atoms with Crippen molar-refractivity contribution in [1.29, 1.82) is 0 Å². The molecule has 2 N–H and O–H groups in total. The van der Waals surface area contributed by atoms with Crippen LogP contribution in [0.4, 0.5) is 0 Å². The number of aryl methyl sites for hydroxylation is 1. The molecule has 0 aromatic carbocycles. The maximum absolute atomic E-state index is 12.2. The lowest BCUT2D eigenvalue weighted by molar-refractivity contribution is 0.552. The molecule has 8 nitrogen and oxygen atoms in total. The fraction of sp³-hybridized carbons (Fsp3) is 0.600. The summed E-state index contributed by atoms with van der Waals surface area (Å²) in [5.74, 6) is 0. The lowest BCUT2D eigenvalue weighted by Crippen LogP contribution is -2.44. The van der Waals surface area contributed by atoms with Gasteiger partial charge >= 0.3 is 5.69 Å². The van der Waals surface area contributed by atoms with Crippen molar-refractivity contribution < 1.29 is 8.42 Å². The van der Waals surface area contributed by atoms with Gasteiger partial charge < -0.3 is 9.88 Å². The van der Waals surface area contributed by atoms with Crippen LogP contribution in [0.25, 0.3) is 0 Å². The van der Waals surface area contributed by atoms with E-state index in [1.807, 2.05) is 0 Å². The Morgan fingerprint density at radius 3 is 2.63 bits per heavy atom. The van der Waals surface area contributed by atoms with E-state index < -0.39 is 26.2 Å². The molecule has 0 radical (unpaired) electrons. The Labute approximate surface area is 110 Å². The average Bonchev–Trinajstić information content (AvgIpc) is 2.83. The molecule has 1 aliphatic rings. The van der Waals surface area contributed by atoms with Crippen molar-refractivity contribution in [3.05, 3.63) is 27.0 Å². The lowest BCUT2D eigenvalue weighted by atomic mass is 10.3. The summed E-state index contributed by atoms with van der Waals surface area (Å²) in [6.45, 7) is 1.27. The number of sulfonamides is 1. The first kappa shape index (κ1) is 14.0. The molecule has 1 aromatic rings. The summed E-state index contributed by atoms with van der Waals surface area (Å²) >= 11 is 0. The third kappa shape index (κ3) is 2.62. The molecule has 0 bridgehead atoms. The van der Waals surface area contributed by atoms with Crippen LogP contribution >= 0.6 is 0 Å². The third-order valence-electron chi connectivity index (χ3n) is 3.09. The maximum atomic E-state index is 12.2. The van der Waals surface area contributed by atoms with Crippen molar-refractivity contribution in [2.75, 3.05) is 13.1 Å². The van der Waals surface area contributed by atoms with Crippen LogP contribution in [0.1, 0.15) is 6.42 Å². The lowest BCUT2D eigenvalue weighted by Gasteiger charge is -2.12. The standard InChI is InChI=1S/C10H16N4O4S/c1-13-6-8(9(15)14(2)10(13)16)19(17,18)12-7-3-4-11-5-7/h6-7,11-12H,3-5H2,1-2H3/t7-/m0/s1. The number of hydrogen-bond donors (Lipinski definition) is 2. The largest absolute Gasteiger partial charge is 0.330 e. The van der Waals surface area contributed by atoms with Gasteiger partial charge in [0.1, 0.15) is 0 Å². The molecule has 2 heterocycles. The average molecular weight is 288 g/mol. The summed E-state index contributed by atoms with van der Waals surface area (Å²) in [5, 5.41) is 3.03. The van der Waals surface area contributed by atoms with E-state index in [2.05, 4.69) is 10.0 Å². The molecule has 106 valence electrons. The zero-order valence-electron chi connectivity index (χ0n) is 10.7. The van der Waals surface area contributed by atoms with Crippen molar-refractivity contribution in [1.82, 2.24) is 19.2 Å². The molecule has 9 heteroatoms. The van der Waals surface area contributed by atoms with Crippen LogP contribution in [0.15, 0.2) is 20.7 Å². The molecule has 2 rings (SSSR count). The number of hydrogen-bond acceptors (Lipinski definition) is 5. The smallest absolute Gasteiger partial charge is 0.315 e. The Morgan fingerprint density at radius 2 is 2.05 bits per heavy atom. The van der Waals surface area contributed by atoms with E-state index in [4.69, 9.17) is 0 Å². The Balaban J connectivity index is 2.46. The molecule has 0 spiro atoms. The van der Waals surface area contributed by atoms with Gasteiger partial charge in [-0.15, -0.1) is 0 Å². The highest BCUT2D eigenvalue weighted by Gasteiger charge is 2.26. The highest BCUT2D eigenvalue weighted by molar-refractivity contribution is 7.89. The number of rotatable bonds is 3. The van der Waals surface area contributed by atoms with Crippen molar-refractivity contribution in [2.45, 2.75) is 17.4 Å². The van der Waals surface area contributed by atoms with Crippen molar-refractivity contribution >= 4 is 10.0 Å². The van der Waals surface area contributed by atoms with E-state index in [-0.39, 0.29) is 6.04 Å². The van der Waals surface area contributed by atoms with Gasteiger partial charge in [-0.25, -0.2) is 17.9 Å². The predicted octanol–water partition coefficient (Wildman–Crippen LogP) is -2.28. The second kappa shape index (κ2) is 4.91. The van der Waals surface area contributed by atoms with E-state index in [0.717, 1.165) is 21.9 Å². The normalized spacial score (nSPS) is 19.8. The summed E-state index contributed by atoms with van der Waals surface area (Å²) < 4.78 is 28.6. The number of aromatic nitrogens is 2. The van der Waals surface area contributed by atoms with Gasteiger partial charge in [-0.2, -0.15) is 0 Å². The molecular weight excluding hydrogens is 272 g/mol. The highest BCUT2D eigenvalue weighted by atomic mass is 32.2. The van der Waals surface area contributed by atoms with E-state index in [0.29, 0.717) is 13.0 Å². The Hall–Kier alpha value is -1.45. The van der Waals surface area contributed by atoms with E-state index in [9.17, 15) is 18.0 Å². The number of nitrogens with one attached hydrogen (secondary N) is 2. The summed E-state index contributed by atoms with van der Waals surface area (Å²) in [7, 11) is -1.27. The SMILES string of the molecule is Cn1cc(S(=O)(=O)N[C@H]2CCNC2)c(=O)n(C)c1=O. The maximum Gasteiger partial charge on any atom is 0.330 e. The van der Waals surface area contributed by atoms with Crippen molar-refractivity contribution in [3.8, 4) is 0 Å². The first-order valence-electron chi connectivity index (χ1n) is 5.82. The second-order valence-corrected chi connectivity index (χ2v) is 6.24. The zero-order valence-corrected chi connectivity index (χ0v) is 11.5. The summed E-state index contributed by atoms with van der Waals surface area (Å²) in [6, 6.07) is -0.230. The Morgan fingerprint density at radius 1 is 1.37 bits per heavy atom. The molecule has 0 saturated carbocycles. The van der Waals surface area contributed by atoms with Gasteiger partial charge in [0.15, 0.2) is 4.90 Å². The first-order valence-corrected chi connectivity index (χ1v) is 7.31. The summed E-state index contributed by atoms with van der Waals surface area (Å²) in [4.78, 5) is 23.0. The predicted molar refractivity (Wildman–Crippen MR) is 68.5 cm³/mol. The van der Waals surface area contributed by atoms with Gasteiger partial charge in [0.2, 0.25) is 10.0 Å². The molecule has 1 fully saturated rings. The third-order valence-corrected chi connectivity index (χ3v) is 4.59. The molecule has 1 aromatic heterocycles. The topological polar surface area (TPSA) is 102 Å². The summed E-state index contributed by atoms with van der Waals surface area (Å²) in [6.07, 6.45) is 1.72. The molecule has 0 amide bonds. The van der Waals surface area contributed by atoms with Crippen LogP contribution in [-0.4, -0.2) is 36.7 Å². The fourth-order valence-corrected chi connectivity index (χ4v) is 3.43. The molecule has 0 unspecified atom stereocenters. The monoisotopic (exact) mass is 288 g/mol. The molecular formula is C10H16N4O4S. The Bertz CT molecular complexity index is 697. The van der Waals surface area contributed by atoms with Crippen molar-refractivity contribution in [3.63, 3.8) is 0 Å². The van der Waals surface area contributed by atoms with E-state index in [1.165, 1.54) is 14.1 Å². The van der Waals surface area contributed by atoms with Crippen LogP contribution in [-0.2, 0) is 24.1 Å². The quantitative estimate of drug-likeness (QED) is 0.652. The van der Waals surface area contributed by atoms with Gasteiger partial charge in [-0.3, -0.25) is 9.36 Å². The summed E-state index contributed by atoms with van der Waals surface area (Å²) in [5.41, 5.74) is -1.38. The molecule has 1 saturated heterocycles. The number of nitrogens with zero attached hydrogens (tertiary/aromatic N) is 2. The van der Waals surface area contributed by atoms with Gasteiger partial charge in [0.05, 0.1) is 0 Å².